The Labute approximate surface area is 154 Å². The van der Waals surface area contributed by atoms with E-state index in [4.69, 9.17) is 4.74 Å². The third kappa shape index (κ3) is 3.57. The van der Waals surface area contributed by atoms with Crippen molar-refractivity contribution in [3.05, 3.63) is 47.8 Å². The Kier molecular flexibility index (Phi) is 5.25. The molecule has 9 heteroatoms. The van der Waals surface area contributed by atoms with E-state index in [1.807, 2.05) is 0 Å². The molecule has 0 radical (unpaired) electrons. The number of benzene rings is 1. The van der Waals surface area contributed by atoms with E-state index in [1.165, 1.54) is 25.1 Å². The number of nitrogens with zero attached hydrogens (tertiary/aromatic N) is 1. The van der Waals surface area contributed by atoms with Crippen LogP contribution in [0.5, 0.6) is 0 Å². The zero-order chi connectivity index (χ0) is 18.9. The van der Waals surface area contributed by atoms with Gasteiger partial charge < -0.3 is 4.74 Å². The lowest BCUT2D eigenvalue weighted by Gasteiger charge is -2.13. The van der Waals surface area contributed by atoms with Crippen LogP contribution in [-0.2, 0) is 24.8 Å². The van der Waals surface area contributed by atoms with Crippen molar-refractivity contribution in [1.29, 1.82) is 0 Å². The number of ether oxygens (including phenoxy) is 1. The SMILES string of the molecule is Cc1cc(S(=O)(=O)NC[C@@H]2CCCO2)c(C)n1S(=O)(=O)c1ccccc1. The first kappa shape index (κ1) is 19.1. The third-order valence-electron chi connectivity index (χ3n) is 4.42. The fourth-order valence-electron chi connectivity index (χ4n) is 3.14. The highest BCUT2D eigenvalue weighted by Crippen LogP contribution is 2.25. The van der Waals surface area contributed by atoms with E-state index in [0.29, 0.717) is 12.3 Å². The summed E-state index contributed by atoms with van der Waals surface area (Å²) in [6, 6.07) is 9.33. The summed E-state index contributed by atoms with van der Waals surface area (Å²) in [6.45, 7) is 3.88. The van der Waals surface area contributed by atoms with Gasteiger partial charge in [-0.2, -0.15) is 0 Å². The highest BCUT2D eigenvalue weighted by Gasteiger charge is 2.28. The number of hydrogen-bond donors (Lipinski definition) is 1. The fourth-order valence-corrected chi connectivity index (χ4v) is 6.17. The number of rotatable bonds is 6. The van der Waals surface area contributed by atoms with Crippen molar-refractivity contribution in [1.82, 2.24) is 8.69 Å². The van der Waals surface area contributed by atoms with Gasteiger partial charge in [0.25, 0.3) is 10.0 Å². The van der Waals surface area contributed by atoms with Gasteiger partial charge in [0.15, 0.2) is 0 Å². The molecule has 2 aromatic rings. The van der Waals surface area contributed by atoms with Crippen molar-refractivity contribution in [2.75, 3.05) is 13.2 Å². The molecule has 0 aliphatic carbocycles. The van der Waals surface area contributed by atoms with Crippen LogP contribution in [-0.4, -0.2) is 40.1 Å². The zero-order valence-electron chi connectivity index (χ0n) is 14.7. The molecular formula is C17H22N2O5S2. The van der Waals surface area contributed by atoms with Gasteiger partial charge in [0.1, 0.15) is 4.90 Å². The Balaban J connectivity index is 1.95. The van der Waals surface area contributed by atoms with Crippen LogP contribution < -0.4 is 4.72 Å². The van der Waals surface area contributed by atoms with E-state index >= 15 is 0 Å². The minimum atomic E-state index is -3.87. The highest BCUT2D eigenvalue weighted by atomic mass is 32.2. The second kappa shape index (κ2) is 7.15. The molecule has 0 saturated carbocycles. The summed E-state index contributed by atoms with van der Waals surface area (Å²) < 4.78 is 60.2. The molecule has 7 nitrogen and oxygen atoms in total. The summed E-state index contributed by atoms with van der Waals surface area (Å²) >= 11 is 0. The van der Waals surface area contributed by atoms with E-state index in [1.54, 1.807) is 25.1 Å². The lowest BCUT2D eigenvalue weighted by atomic mass is 10.2. The smallest absolute Gasteiger partial charge is 0.268 e. The normalized spacial score (nSPS) is 18.3. The Hall–Kier alpha value is -1.68. The molecule has 1 aliphatic rings. The molecule has 1 aliphatic heterocycles. The maximum absolute atomic E-state index is 12.9. The third-order valence-corrected chi connectivity index (χ3v) is 7.87. The first-order valence-electron chi connectivity index (χ1n) is 8.34. The Morgan fingerprint density at radius 3 is 2.46 bits per heavy atom. The number of aryl methyl sites for hydroxylation is 1. The van der Waals surface area contributed by atoms with Crippen molar-refractivity contribution in [3.63, 3.8) is 0 Å². The number of nitrogens with one attached hydrogen (secondary N) is 1. The van der Waals surface area contributed by atoms with Crippen molar-refractivity contribution in [2.24, 2.45) is 0 Å². The summed E-state index contributed by atoms with van der Waals surface area (Å²) in [5.74, 6) is 0. The molecule has 1 saturated heterocycles. The predicted octanol–water partition coefficient (Wildman–Crippen LogP) is 1.80. The minimum Gasteiger partial charge on any atom is -0.377 e. The van der Waals surface area contributed by atoms with Gasteiger partial charge >= 0.3 is 0 Å². The van der Waals surface area contributed by atoms with Crippen LogP contribution in [0.1, 0.15) is 24.2 Å². The molecule has 1 aromatic heterocycles. The van der Waals surface area contributed by atoms with Gasteiger partial charge in [0, 0.05) is 18.8 Å². The average Bonchev–Trinajstić information content (AvgIpc) is 3.22. The summed E-state index contributed by atoms with van der Waals surface area (Å²) in [5.41, 5.74) is 0.495. The van der Waals surface area contributed by atoms with Gasteiger partial charge in [0.2, 0.25) is 10.0 Å². The molecule has 142 valence electrons. The van der Waals surface area contributed by atoms with Crippen molar-refractivity contribution >= 4 is 20.0 Å². The maximum atomic E-state index is 12.9. The van der Waals surface area contributed by atoms with Crippen LogP contribution in [0.4, 0.5) is 0 Å². The van der Waals surface area contributed by atoms with Gasteiger partial charge in [-0.05, 0) is 44.9 Å². The second-order valence-electron chi connectivity index (χ2n) is 6.30. The molecule has 3 rings (SSSR count). The maximum Gasteiger partial charge on any atom is 0.268 e. The minimum absolute atomic E-state index is 0.0347. The van der Waals surface area contributed by atoms with E-state index in [0.717, 1.165) is 16.8 Å². The summed E-state index contributed by atoms with van der Waals surface area (Å²) in [7, 11) is -7.71. The number of hydrogen-bond acceptors (Lipinski definition) is 5. The van der Waals surface area contributed by atoms with Gasteiger partial charge in [-0.3, -0.25) is 0 Å². The number of aromatic nitrogens is 1. The quantitative estimate of drug-likeness (QED) is 0.801. The summed E-state index contributed by atoms with van der Waals surface area (Å²) in [4.78, 5) is 0.0746. The molecule has 0 amide bonds. The van der Waals surface area contributed by atoms with Crippen molar-refractivity contribution < 1.29 is 21.6 Å². The topological polar surface area (TPSA) is 94.5 Å². The molecule has 1 N–H and O–H groups in total. The molecule has 26 heavy (non-hydrogen) atoms. The van der Waals surface area contributed by atoms with Gasteiger partial charge in [-0.25, -0.2) is 25.5 Å². The molecule has 0 spiro atoms. The van der Waals surface area contributed by atoms with Crippen LogP contribution >= 0.6 is 0 Å². The standard InChI is InChI=1S/C17H22N2O5S2/c1-13-11-17(25(20,21)18-12-15-7-6-10-24-15)14(2)19(13)26(22,23)16-8-4-3-5-9-16/h3-5,8-9,11,15,18H,6-7,10,12H2,1-2H3/t15-/m0/s1. The van der Waals surface area contributed by atoms with Crippen molar-refractivity contribution in [3.8, 4) is 0 Å². The number of sulfonamides is 1. The largest absolute Gasteiger partial charge is 0.377 e. The average molecular weight is 399 g/mol. The van der Waals surface area contributed by atoms with Gasteiger partial charge in [0.05, 0.1) is 16.7 Å². The van der Waals surface area contributed by atoms with Gasteiger partial charge in [-0.15, -0.1) is 0 Å². The molecule has 2 heterocycles. The predicted molar refractivity (Wildman–Crippen MR) is 97.1 cm³/mol. The first-order valence-corrected chi connectivity index (χ1v) is 11.3. The molecule has 1 fully saturated rings. The molecule has 0 unspecified atom stereocenters. The monoisotopic (exact) mass is 398 g/mol. The zero-order valence-corrected chi connectivity index (χ0v) is 16.3. The summed E-state index contributed by atoms with van der Waals surface area (Å²) in [6.07, 6.45) is 1.58. The van der Waals surface area contributed by atoms with Crippen LogP contribution in [0, 0.1) is 13.8 Å². The molecule has 1 atom stereocenters. The summed E-state index contributed by atoms with van der Waals surface area (Å²) in [5, 5.41) is 0. The first-order chi connectivity index (χ1) is 12.2. The highest BCUT2D eigenvalue weighted by molar-refractivity contribution is 7.90. The molecule has 1 aromatic carbocycles. The lowest BCUT2D eigenvalue weighted by molar-refractivity contribution is 0.114. The van der Waals surface area contributed by atoms with Crippen LogP contribution in [0.15, 0.2) is 46.2 Å². The lowest BCUT2D eigenvalue weighted by Crippen LogP contribution is -2.32. The van der Waals surface area contributed by atoms with Crippen LogP contribution in [0.25, 0.3) is 0 Å². The van der Waals surface area contributed by atoms with Gasteiger partial charge in [-0.1, -0.05) is 18.2 Å². The Morgan fingerprint density at radius 1 is 1.15 bits per heavy atom. The van der Waals surface area contributed by atoms with E-state index in [2.05, 4.69) is 4.72 Å². The van der Waals surface area contributed by atoms with E-state index < -0.39 is 20.0 Å². The van der Waals surface area contributed by atoms with Crippen LogP contribution in [0.3, 0.4) is 0 Å². The fraction of sp³-hybridized carbons (Fsp3) is 0.412. The second-order valence-corrected chi connectivity index (χ2v) is 9.83. The Morgan fingerprint density at radius 2 is 1.85 bits per heavy atom. The van der Waals surface area contributed by atoms with Crippen LogP contribution in [0.2, 0.25) is 0 Å². The van der Waals surface area contributed by atoms with Crippen molar-refractivity contribution in [2.45, 2.75) is 42.6 Å². The Bertz CT molecular complexity index is 989. The van der Waals surface area contributed by atoms with E-state index in [9.17, 15) is 16.8 Å². The van der Waals surface area contributed by atoms with E-state index in [-0.39, 0.29) is 28.1 Å². The molecule has 0 bridgehead atoms. The molecular weight excluding hydrogens is 376 g/mol.